The van der Waals surface area contributed by atoms with Gasteiger partial charge in [0, 0.05) is 6.61 Å². The predicted molar refractivity (Wildman–Crippen MR) is 77.2 cm³/mol. The summed E-state index contributed by atoms with van der Waals surface area (Å²) in [6.07, 6.45) is -2.65. The largest absolute Gasteiger partial charge is 0.387 e. The number of anilines is 1. The zero-order valence-corrected chi connectivity index (χ0v) is 12.5. The van der Waals surface area contributed by atoms with E-state index in [-0.39, 0.29) is 17.7 Å². The summed E-state index contributed by atoms with van der Waals surface area (Å²) in [4.78, 5) is 12.0. The molecule has 0 amide bonds. The Morgan fingerprint density at radius 1 is 1.41 bits per heavy atom. The first-order valence-corrected chi connectivity index (χ1v) is 7.15. The van der Waals surface area contributed by atoms with Crippen molar-refractivity contribution in [1.29, 1.82) is 0 Å². The maximum Gasteiger partial charge on any atom is 0.207 e. The second kappa shape index (κ2) is 5.94. The first-order chi connectivity index (χ1) is 10.5. The molecule has 0 saturated carbocycles. The van der Waals surface area contributed by atoms with Crippen LogP contribution in [-0.4, -0.2) is 61.3 Å². The quantitative estimate of drug-likeness (QED) is 0.653. The van der Waals surface area contributed by atoms with Gasteiger partial charge in [-0.1, -0.05) is 0 Å². The average molecular weight is 330 g/mol. The number of aliphatic hydroxyl groups is 2. The standard InChI is InChI=1S/C12H16ClN5O4/c1-2-21-3-5-7(19)8(20)11(22-5)18-10-6(17-12(18)13)9(14)15-4-16-10/h4-5,7-8,11,19-20H,2-3H2,1H3,(H2,14,15,16)/t5-,7-,8-,11?/m1/s1. The first kappa shape index (κ1) is 15.4. The van der Waals surface area contributed by atoms with Crippen molar-refractivity contribution < 1.29 is 19.7 Å². The van der Waals surface area contributed by atoms with E-state index in [1.165, 1.54) is 10.9 Å². The molecule has 0 aliphatic carbocycles. The number of nitrogens with zero attached hydrogens (tertiary/aromatic N) is 4. The highest BCUT2D eigenvalue weighted by Crippen LogP contribution is 2.34. The molecule has 1 aliphatic heterocycles. The SMILES string of the molecule is CCOC[C@H]1OC(n2c(Cl)nc3c(N)ncnc32)[C@H](O)[C@@H]1O. The molecule has 4 N–H and O–H groups in total. The first-order valence-electron chi connectivity index (χ1n) is 6.77. The summed E-state index contributed by atoms with van der Waals surface area (Å²) in [5.41, 5.74) is 6.37. The fraction of sp³-hybridized carbons (Fsp3) is 0.583. The molecule has 1 aliphatic rings. The molecule has 1 saturated heterocycles. The Bertz CT molecular complexity index is 681. The van der Waals surface area contributed by atoms with Crippen LogP contribution in [0.3, 0.4) is 0 Å². The maximum absolute atomic E-state index is 10.2. The highest BCUT2D eigenvalue weighted by Gasteiger charge is 2.45. The van der Waals surface area contributed by atoms with Crippen LogP contribution in [0.2, 0.25) is 5.28 Å². The second-order valence-electron chi connectivity index (χ2n) is 4.89. The Morgan fingerprint density at radius 3 is 2.91 bits per heavy atom. The summed E-state index contributed by atoms with van der Waals surface area (Å²) < 4.78 is 12.3. The van der Waals surface area contributed by atoms with E-state index >= 15 is 0 Å². The Kier molecular flexibility index (Phi) is 4.15. The van der Waals surface area contributed by atoms with Gasteiger partial charge in [0.25, 0.3) is 0 Å². The average Bonchev–Trinajstić information content (AvgIpc) is 2.97. The van der Waals surface area contributed by atoms with Crippen LogP contribution < -0.4 is 5.73 Å². The molecule has 2 aromatic heterocycles. The molecule has 0 aromatic carbocycles. The van der Waals surface area contributed by atoms with E-state index in [1.807, 2.05) is 6.92 Å². The topological polar surface area (TPSA) is 129 Å². The lowest BCUT2D eigenvalue weighted by Gasteiger charge is -2.17. The monoisotopic (exact) mass is 329 g/mol. The molecule has 0 radical (unpaired) electrons. The molecule has 3 rings (SSSR count). The van der Waals surface area contributed by atoms with Crippen molar-refractivity contribution in [2.75, 3.05) is 18.9 Å². The summed E-state index contributed by atoms with van der Waals surface area (Å²) in [6, 6.07) is 0. The molecule has 2 aromatic rings. The van der Waals surface area contributed by atoms with Gasteiger partial charge in [-0.15, -0.1) is 0 Å². The van der Waals surface area contributed by atoms with Crippen molar-refractivity contribution in [2.24, 2.45) is 0 Å². The van der Waals surface area contributed by atoms with E-state index in [2.05, 4.69) is 15.0 Å². The van der Waals surface area contributed by atoms with E-state index < -0.39 is 24.5 Å². The van der Waals surface area contributed by atoms with Crippen LogP contribution in [0.1, 0.15) is 13.2 Å². The fourth-order valence-electron chi connectivity index (χ4n) is 2.44. The van der Waals surface area contributed by atoms with Crippen molar-refractivity contribution in [3.63, 3.8) is 0 Å². The smallest absolute Gasteiger partial charge is 0.207 e. The molecular formula is C12H16ClN5O4. The number of aromatic nitrogens is 4. The third kappa shape index (κ3) is 2.40. The van der Waals surface area contributed by atoms with E-state index in [9.17, 15) is 10.2 Å². The highest BCUT2D eigenvalue weighted by atomic mass is 35.5. The molecule has 0 bridgehead atoms. The Balaban J connectivity index is 1.97. The van der Waals surface area contributed by atoms with Gasteiger partial charge in [-0.2, -0.15) is 0 Å². The number of ether oxygens (including phenoxy) is 2. The molecule has 120 valence electrons. The van der Waals surface area contributed by atoms with Gasteiger partial charge in [-0.05, 0) is 18.5 Å². The number of aliphatic hydroxyl groups excluding tert-OH is 2. The van der Waals surface area contributed by atoms with Gasteiger partial charge in [-0.25, -0.2) is 15.0 Å². The Hall–Kier alpha value is -1.52. The zero-order chi connectivity index (χ0) is 15.9. The molecule has 22 heavy (non-hydrogen) atoms. The molecule has 1 fully saturated rings. The highest BCUT2D eigenvalue weighted by molar-refractivity contribution is 6.29. The lowest BCUT2D eigenvalue weighted by molar-refractivity contribution is -0.0637. The predicted octanol–water partition coefficient (Wildman–Crippen LogP) is -0.282. The minimum Gasteiger partial charge on any atom is -0.387 e. The molecule has 1 unspecified atom stereocenters. The van der Waals surface area contributed by atoms with Crippen molar-refractivity contribution in [1.82, 2.24) is 19.5 Å². The number of hydrogen-bond donors (Lipinski definition) is 3. The number of nitrogens with two attached hydrogens (primary N) is 1. The van der Waals surface area contributed by atoms with Gasteiger partial charge in [-0.3, -0.25) is 4.57 Å². The van der Waals surface area contributed by atoms with E-state index in [4.69, 9.17) is 26.8 Å². The van der Waals surface area contributed by atoms with Crippen molar-refractivity contribution in [3.05, 3.63) is 11.6 Å². The summed E-state index contributed by atoms with van der Waals surface area (Å²) in [5, 5.41) is 20.4. The Morgan fingerprint density at radius 2 is 2.18 bits per heavy atom. The number of nitrogen functional groups attached to an aromatic ring is 1. The van der Waals surface area contributed by atoms with Crippen LogP contribution in [0.4, 0.5) is 5.82 Å². The fourth-order valence-corrected chi connectivity index (χ4v) is 2.70. The molecule has 3 heterocycles. The van der Waals surface area contributed by atoms with Crippen LogP contribution in [0.25, 0.3) is 11.2 Å². The van der Waals surface area contributed by atoms with Gasteiger partial charge < -0.3 is 25.4 Å². The summed E-state index contributed by atoms with van der Waals surface area (Å²) in [7, 11) is 0. The normalized spacial score (nSPS) is 28.5. The van der Waals surface area contributed by atoms with E-state index in [0.29, 0.717) is 17.8 Å². The van der Waals surface area contributed by atoms with E-state index in [0.717, 1.165) is 0 Å². The van der Waals surface area contributed by atoms with Crippen LogP contribution >= 0.6 is 11.6 Å². The van der Waals surface area contributed by atoms with Crippen molar-refractivity contribution in [3.8, 4) is 0 Å². The molecule has 9 nitrogen and oxygen atoms in total. The molecular weight excluding hydrogens is 314 g/mol. The van der Waals surface area contributed by atoms with Crippen LogP contribution in [0.15, 0.2) is 6.33 Å². The van der Waals surface area contributed by atoms with Gasteiger partial charge in [0.05, 0.1) is 6.61 Å². The lowest BCUT2D eigenvalue weighted by atomic mass is 10.1. The van der Waals surface area contributed by atoms with Gasteiger partial charge >= 0.3 is 0 Å². The van der Waals surface area contributed by atoms with Gasteiger partial charge in [0.15, 0.2) is 23.2 Å². The minimum absolute atomic E-state index is 0.0375. The molecule has 10 heteroatoms. The van der Waals surface area contributed by atoms with Crippen LogP contribution in [0.5, 0.6) is 0 Å². The van der Waals surface area contributed by atoms with Crippen LogP contribution in [0, 0.1) is 0 Å². The summed E-state index contributed by atoms with van der Waals surface area (Å²) in [5.74, 6) is 0.171. The number of rotatable bonds is 4. The van der Waals surface area contributed by atoms with Gasteiger partial charge in [0.2, 0.25) is 5.28 Å². The lowest BCUT2D eigenvalue weighted by Crippen LogP contribution is -2.33. The van der Waals surface area contributed by atoms with Crippen LogP contribution in [-0.2, 0) is 9.47 Å². The van der Waals surface area contributed by atoms with Gasteiger partial charge in [0.1, 0.15) is 24.6 Å². The summed E-state index contributed by atoms with van der Waals surface area (Å²) in [6.45, 7) is 2.47. The molecule has 0 spiro atoms. The second-order valence-corrected chi connectivity index (χ2v) is 5.23. The number of imidazole rings is 1. The van der Waals surface area contributed by atoms with Crippen molar-refractivity contribution >= 4 is 28.6 Å². The number of halogens is 1. The molecule has 4 atom stereocenters. The van der Waals surface area contributed by atoms with Crippen molar-refractivity contribution in [2.45, 2.75) is 31.5 Å². The maximum atomic E-state index is 10.2. The Labute approximate surface area is 130 Å². The number of hydrogen-bond acceptors (Lipinski definition) is 8. The zero-order valence-electron chi connectivity index (χ0n) is 11.8. The minimum atomic E-state index is -1.20. The third-order valence-electron chi connectivity index (χ3n) is 3.54. The third-order valence-corrected chi connectivity index (χ3v) is 3.81. The van der Waals surface area contributed by atoms with E-state index in [1.54, 1.807) is 0 Å². The summed E-state index contributed by atoms with van der Waals surface area (Å²) >= 11 is 6.11. The number of fused-ring (bicyclic) bond motifs is 1.